The molecular weight excluding hydrogens is 354 g/mol. The van der Waals surface area contributed by atoms with Crippen LogP contribution >= 0.6 is 0 Å². The van der Waals surface area contributed by atoms with Crippen LogP contribution in [-0.4, -0.2) is 28.6 Å². The molecule has 0 aliphatic heterocycles. The van der Waals surface area contributed by atoms with Crippen molar-refractivity contribution >= 4 is 21.5 Å². The van der Waals surface area contributed by atoms with E-state index in [1.807, 2.05) is 13.8 Å². The van der Waals surface area contributed by atoms with Crippen molar-refractivity contribution < 1.29 is 22.7 Å². The minimum atomic E-state index is -4.04. The summed E-state index contributed by atoms with van der Waals surface area (Å²) < 4.78 is 35.5. The smallest absolute Gasteiger partial charge is 0.351 e. The highest BCUT2D eigenvalue weighted by molar-refractivity contribution is 7.96. The minimum absolute atomic E-state index is 0.0359. The summed E-state index contributed by atoms with van der Waals surface area (Å²) in [4.78, 5) is 11.6. The molecule has 138 valence electrons. The van der Waals surface area contributed by atoms with Crippen molar-refractivity contribution in [3.05, 3.63) is 64.7 Å². The van der Waals surface area contributed by atoms with Gasteiger partial charge >= 0.3 is 5.97 Å². The van der Waals surface area contributed by atoms with Crippen LogP contribution < -0.4 is 10.1 Å². The molecule has 0 aliphatic carbocycles. The lowest BCUT2D eigenvalue weighted by molar-refractivity contribution is -0.135. The molecule has 0 atom stereocenters. The number of ether oxygens (including phenoxy) is 2. The summed E-state index contributed by atoms with van der Waals surface area (Å²) in [5, 5.41) is 2.82. The Morgan fingerprint density at radius 2 is 1.65 bits per heavy atom. The Morgan fingerprint density at radius 1 is 1.00 bits per heavy atom. The van der Waals surface area contributed by atoms with Gasteiger partial charge in [-0.1, -0.05) is 6.07 Å². The number of rotatable bonds is 6. The maximum atomic E-state index is 12.9. The fraction of sp³-hybridized carbons (Fsp3) is 0.211. The fourth-order valence-electron chi connectivity index (χ4n) is 2.19. The van der Waals surface area contributed by atoms with Crippen LogP contribution in [-0.2, 0) is 19.4 Å². The zero-order valence-electron chi connectivity index (χ0n) is 15.1. The molecule has 1 N–H and O–H groups in total. The van der Waals surface area contributed by atoms with E-state index in [-0.39, 0.29) is 4.90 Å². The normalized spacial score (nSPS) is 11.8. The molecule has 0 bridgehead atoms. The van der Waals surface area contributed by atoms with Gasteiger partial charge in [-0.25, -0.2) is 13.2 Å². The Bertz CT molecular complexity index is 931. The Morgan fingerprint density at radius 3 is 2.19 bits per heavy atom. The summed E-state index contributed by atoms with van der Waals surface area (Å²) in [6.45, 7) is 3.69. The summed E-state index contributed by atoms with van der Waals surface area (Å²) in [6, 6.07) is 11.5. The number of aryl methyl sites for hydroxylation is 2. The van der Waals surface area contributed by atoms with Gasteiger partial charge < -0.3 is 14.8 Å². The van der Waals surface area contributed by atoms with E-state index in [9.17, 15) is 13.2 Å². The quantitative estimate of drug-likeness (QED) is 0.617. The van der Waals surface area contributed by atoms with Gasteiger partial charge in [0.05, 0.1) is 19.1 Å². The zero-order chi connectivity index (χ0) is 19.3. The van der Waals surface area contributed by atoms with Crippen LogP contribution in [0.4, 0.5) is 5.69 Å². The molecule has 26 heavy (non-hydrogen) atoms. The summed E-state index contributed by atoms with van der Waals surface area (Å²) in [6.07, 6.45) is 1.14. The average Bonchev–Trinajstić information content (AvgIpc) is 2.64. The van der Waals surface area contributed by atoms with Crippen LogP contribution in [0.3, 0.4) is 0 Å². The zero-order valence-corrected chi connectivity index (χ0v) is 15.9. The number of carbonyl (C=O) groups is 1. The number of methoxy groups -OCH3 is 2. The lowest BCUT2D eigenvalue weighted by Gasteiger charge is -2.10. The molecule has 0 saturated heterocycles. The largest absolute Gasteiger partial charge is 0.497 e. The van der Waals surface area contributed by atoms with Crippen molar-refractivity contribution in [2.75, 3.05) is 19.5 Å². The third-order valence-corrected chi connectivity index (χ3v) is 5.66. The van der Waals surface area contributed by atoms with Gasteiger partial charge in [-0.05, 0) is 61.4 Å². The van der Waals surface area contributed by atoms with Gasteiger partial charge in [-0.3, -0.25) is 0 Å². The number of hydrogen-bond donors (Lipinski definition) is 1. The predicted octanol–water partition coefficient (Wildman–Crippen LogP) is 3.21. The van der Waals surface area contributed by atoms with E-state index >= 15 is 0 Å². The summed E-state index contributed by atoms with van der Waals surface area (Å²) in [5.41, 5.74) is 2.38. The summed E-state index contributed by atoms with van der Waals surface area (Å²) in [7, 11) is -1.35. The standard InChI is InChI=1S/C19H21NO5S/c1-13-5-10-17(11-14(13)2)26(22,23)18(19(21)25-4)12-20-15-6-8-16(24-3)9-7-15/h5-12,20H,1-4H3. The number of nitrogens with one attached hydrogen (secondary N) is 1. The van der Waals surface area contributed by atoms with Crippen LogP contribution in [0, 0.1) is 13.8 Å². The van der Waals surface area contributed by atoms with Crippen molar-refractivity contribution in [2.24, 2.45) is 0 Å². The second-order valence-corrected chi connectivity index (χ2v) is 7.54. The molecule has 0 unspecified atom stereocenters. The Balaban J connectivity index is 2.41. The molecule has 0 aliphatic rings. The highest BCUT2D eigenvalue weighted by Crippen LogP contribution is 2.23. The lowest BCUT2D eigenvalue weighted by Crippen LogP contribution is -2.17. The van der Waals surface area contributed by atoms with Crippen molar-refractivity contribution in [2.45, 2.75) is 18.7 Å². The van der Waals surface area contributed by atoms with Gasteiger partial charge in [-0.15, -0.1) is 0 Å². The first-order valence-electron chi connectivity index (χ1n) is 7.81. The van der Waals surface area contributed by atoms with Gasteiger partial charge in [0, 0.05) is 11.9 Å². The van der Waals surface area contributed by atoms with E-state index < -0.39 is 20.7 Å². The molecule has 0 spiro atoms. The Labute approximate surface area is 153 Å². The molecule has 0 radical (unpaired) electrons. The average molecular weight is 375 g/mol. The van der Waals surface area contributed by atoms with Crippen molar-refractivity contribution in [3.8, 4) is 5.75 Å². The second kappa shape index (κ2) is 8.05. The molecule has 6 nitrogen and oxygen atoms in total. The van der Waals surface area contributed by atoms with Crippen molar-refractivity contribution in [3.63, 3.8) is 0 Å². The van der Waals surface area contributed by atoms with E-state index in [0.717, 1.165) is 24.4 Å². The molecule has 0 fully saturated rings. The molecule has 2 aromatic rings. The number of anilines is 1. The number of benzene rings is 2. The summed E-state index contributed by atoms with van der Waals surface area (Å²) in [5.74, 6) is -0.278. The molecule has 0 amide bonds. The first-order chi connectivity index (χ1) is 12.3. The van der Waals surface area contributed by atoms with Gasteiger partial charge in [0.2, 0.25) is 9.84 Å². The molecule has 2 aromatic carbocycles. The first-order valence-corrected chi connectivity index (χ1v) is 9.29. The molecule has 0 aromatic heterocycles. The van der Waals surface area contributed by atoms with E-state index in [1.54, 1.807) is 37.4 Å². The van der Waals surface area contributed by atoms with Gasteiger partial charge in [0.25, 0.3) is 0 Å². The predicted molar refractivity (Wildman–Crippen MR) is 99.8 cm³/mol. The van der Waals surface area contributed by atoms with Gasteiger partial charge in [0.15, 0.2) is 4.91 Å². The van der Waals surface area contributed by atoms with Crippen molar-refractivity contribution in [1.29, 1.82) is 0 Å². The fourth-order valence-corrected chi connectivity index (χ4v) is 3.54. The van der Waals surface area contributed by atoms with Crippen LogP contribution in [0.25, 0.3) is 0 Å². The van der Waals surface area contributed by atoms with E-state index in [4.69, 9.17) is 4.74 Å². The molecule has 7 heteroatoms. The third-order valence-electron chi connectivity index (χ3n) is 3.92. The molecule has 0 saturated carbocycles. The number of sulfone groups is 1. The van der Waals surface area contributed by atoms with Crippen LogP contribution in [0.2, 0.25) is 0 Å². The monoisotopic (exact) mass is 375 g/mol. The molecular formula is C19H21NO5S. The van der Waals surface area contributed by atoms with Gasteiger partial charge in [-0.2, -0.15) is 0 Å². The third kappa shape index (κ3) is 4.23. The number of hydrogen-bond acceptors (Lipinski definition) is 6. The maximum absolute atomic E-state index is 12.9. The Kier molecular flexibility index (Phi) is 6.05. The van der Waals surface area contributed by atoms with Crippen LogP contribution in [0.1, 0.15) is 11.1 Å². The molecule has 0 heterocycles. The Hall–Kier alpha value is -2.80. The summed E-state index contributed by atoms with van der Waals surface area (Å²) >= 11 is 0. The minimum Gasteiger partial charge on any atom is -0.497 e. The van der Waals surface area contributed by atoms with Crippen LogP contribution in [0.15, 0.2) is 58.5 Å². The highest BCUT2D eigenvalue weighted by Gasteiger charge is 2.28. The SMILES string of the molecule is COC(=O)C(=CNc1ccc(OC)cc1)S(=O)(=O)c1ccc(C)c(C)c1. The number of carbonyl (C=O) groups excluding carboxylic acids is 1. The lowest BCUT2D eigenvalue weighted by atomic mass is 10.1. The highest BCUT2D eigenvalue weighted by atomic mass is 32.2. The van der Waals surface area contributed by atoms with Crippen LogP contribution in [0.5, 0.6) is 5.75 Å². The van der Waals surface area contributed by atoms with Gasteiger partial charge in [0.1, 0.15) is 5.75 Å². The maximum Gasteiger partial charge on any atom is 0.351 e. The topological polar surface area (TPSA) is 81.7 Å². The van der Waals surface area contributed by atoms with E-state index in [1.165, 1.54) is 12.1 Å². The van der Waals surface area contributed by atoms with E-state index in [0.29, 0.717) is 11.4 Å². The molecule has 2 rings (SSSR count). The van der Waals surface area contributed by atoms with E-state index in [2.05, 4.69) is 10.1 Å². The van der Waals surface area contributed by atoms with Crippen molar-refractivity contribution in [1.82, 2.24) is 0 Å². The first kappa shape index (κ1) is 19.5. The number of esters is 1. The second-order valence-electron chi connectivity index (χ2n) is 5.62.